The second kappa shape index (κ2) is 11.3. The lowest BCUT2D eigenvalue weighted by Gasteiger charge is -2.14. The lowest BCUT2D eigenvalue weighted by Crippen LogP contribution is -2.32. The summed E-state index contributed by atoms with van der Waals surface area (Å²) in [6.45, 7) is 9.36. The summed E-state index contributed by atoms with van der Waals surface area (Å²) in [7, 11) is -3.46. The highest BCUT2D eigenvalue weighted by molar-refractivity contribution is 7.94. The standard InChI is InChI=1S/C23H29ClN6O3S2/c1-13(2)25-12-20(31)27-16-6-7-18(15(5)10-16)29-23-26-11-17(24)21(30-23)28-19-8-9-34-22(19)35(32,33)14(3)4/h6-11,13-14,25H,12H2,1-5H3,(H,27,31)(H2,26,28,29,30). The summed E-state index contributed by atoms with van der Waals surface area (Å²) in [5.74, 6) is 0.436. The maximum atomic E-state index is 12.7. The van der Waals surface area contributed by atoms with Crippen LogP contribution in [-0.4, -0.2) is 42.1 Å². The SMILES string of the molecule is Cc1cc(NC(=O)CNC(C)C)ccc1Nc1ncc(Cl)c(Nc2ccsc2S(=O)(=O)C(C)C)n1. The zero-order valence-corrected chi connectivity index (χ0v) is 22.5. The van der Waals surface area contributed by atoms with E-state index in [1.807, 2.05) is 32.9 Å². The summed E-state index contributed by atoms with van der Waals surface area (Å²) in [4.78, 5) is 20.7. The molecule has 1 aromatic carbocycles. The lowest BCUT2D eigenvalue weighted by atomic mass is 10.1. The molecule has 35 heavy (non-hydrogen) atoms. The monoisotopic (exact) mass is 536 g/mol. The zero-order valence-electron chi connectivity index (χ0n) is 20.1. The number of benzene rings is 1. The Hall–Kier alpha value is -2.73. The quantitative estimate of drug-likeness (QED) is 0.282. The van der Waals surface area contributed by atoms with E-state index < -0.39 is 15.1 Å². The molecule has 0 unspecified atom stereocenters. The summed E-state index contributed by atoms with van der Waals surface area (Å²) in [5, 5.41) is 13.5. The van der Waals surface area contributed by atoms with Crippen LogP contribution in [0.1, 0.15) is 33.3 Å². The molecule has 0 saturated carbocycles. The molecule has 188 valence electrons. The van der Waals surface area contributed by atoms with Crippen molar-refractivity contribution in [1.82, 2.24) is 15.3 Å². The molecule has 12 heteroatoms. The van der Waals surface area contributed by atoms with E-state index in [4.69, 9.17) is 11.6 Å². The van der Waals surface area contributed by atoms with Gasteiger partial charge >= 0.3 is 0 Å². The van der Waals surface area contributed by atoms with Crippen LogP contribution in [0.3, 0.4) is 0 Å². The molecule has 0 aliphatic carbocycles. The van der Waals surface area contributed by atoms with Gasteiger partial charge in [0, 0.05) is 17.4 Å². The summed E-state index contributed by atoms with van der Waals surface area (Å²) in [6, 6.07) is 7.35. The fraction of sp³-hybridized carbons (Fsp3) is 0.348. The van der Waals surface area contributed by atoms with E-state index in [9.17, 15) is 13.2 Å². The second-order valence-electron chi connectivity index (χ2n) is 8.47. The van der Waals surface area contributed by atoms with Crippen molar-refractivity contribution in [2.75, 3.05) is 22.5 Å². The fourth-order valence-corrected chi connectivity index (χ4v) is 5.82. The van der Waals surface area contributed by atoms with E-state index in [1.54, 1.807) is 31.4 Å². The number of hydrogen-bond donors (Lipinski definition) is 4. The van der Waals surface area contributed by atoms with E-state index >= 15 is 0 Å². The average Bonchev–Trinajstić information content (AvgIpc) is 3.25. The minimum absolute atomic E-state index is 0.122. The Balaban J connectivity index is 1.76. The number of hydrogen-bond acceptors (Lipinski definition) is 9. The molecule has 0 bridgehead atoms. The molecule has 0 atom stereocenters. The van der Waals surface area contributed by atoms with E-state index in [-0.39, 0.29) is 39.5 Å². The van der Waals surface area contributed by atoms with Gasteiger partial charge in [0.15, 0.2) is 15.7 Å². The van der Waals surface area contributed by atoms with Gasteiger partial charge in [-0.1, -0.05) is 25.4 Å². The number of sulfone groups is 1. The van der Waals surface area contributed by atoms with Gasteiger partial charge in [-0.15, -0.1) is 11.3 Å². The normalized spacial score (nSPS) is 11.7. The van der Waals surface area contributed by atoms with Crippen molar-refractivity contribution in [2.24, 2.45) is 0 Å². The van der Waals surface area contributed by atoms with Crippen LogP contribution in [0.15, 0.2) is 40.1 Å². The van der Waals surface area contributed by atoms with Gasteiger partial charge in [-0.3, -0.25) is 4.79 Å². The first-order valence-electron chi connectivity index (χ1n) is 11.0. The average molecular weight is 537 g/mol. The first-order valence-corrected chi connectivity index (χ1v) is 13.8. The van der Waals surface area contributed by atoms with Crippen molar-refractivity contribution in [3.05, 3.63) is 46.4 Å². The molecule has 4 N–H and O–H groups in total. The van der Waals surface area contributed by atoms with Crippen molar-refractivity contribution in [1.29, 1.82) is 0 Å². The van der Waals surface area contributed by atoms with Crippen molar-refractivity contribution in [3.63, 3.8) is 0 Å². The van der Waals surface area contributed by atoms with Gasteiger partial charge in [-0.05, 0) is 56.0 Å². The first kappa shape index (κ1) is 26.9. The van der Waals surface area contributed by atoms with Gasteiger partial charge in [0.25, 0.3) is 0 Å². The van der Waals surface area contributed by atoms with E-state index in [0.717, 1.165) is 22.6 Å². The third kappa shape index (κ3) is 6.91. The topological polar surface area (TPSA) is 125 Å². The van der Waals surface area contributed by atoms with Crippen molar-refractivity contribution in [3.8, 4) is 0 Å². The maximum absolute atomic E-state index is 12.7. The number of aromatic nitrogens is 2. The minimum Gasteiger partial charge on any atom is -0.337 e. The van der Waals surface area contributed by atoms with Gasteiger partial charge in [0.05, 0.1) is 23.7 Å². The predicted molar refractivity (Wildman–Crippen MR) is 143 cm³/mol. The Morgan fingerprint density at radius 3 is 2.51 bits per heavy atom. The van der Waals surface area contributed by atoms with Crippen molar-refractivity contribution >= 4 is 67.5 Å². The van der Waals surface area contributed by atoms with Crippen LogP contribution in [0.4, 0.5) is 28.8 Å². The molecule has 9 nitrogen and oxygen atoms in total. The van der Waals surface area contributed by atoms with E-state index in [1.165, 1.54) is 6.20 Å². The smallest absolute Gasteiger partial charge is 0.238 e. The highest BCUT2D eigenvalue weighted by Gasteiger charge is 2.25. The molecule has 0 radical (unpaired) electrons. The predicted octanol–water partition coefficient (Wildman–Crippen LogP) is 5.11. The number of halogens is 1. The molecule has 0 aliphatic rings. The van der Waals surface area contributed by atoms with Crippen molar-refractivity contribution < 1.29 is 13.2 Å². The van der Waals surface area contributed by atoms with Crippen molar-refractivity contribution in [2.45, 2.75) is 50.1 Å². The number of nitrogens with one attached hydrogen (secondary N) is 4. The number of nitrogens with zero attached hydrogens (tertiary/aromatic N) is 2. The largest absolute Gasteiger partial charge is 0.337 e. The van der Waals surface area contributed by atoms with Crippen LogP contribution in [0.2, 0.25) is 5.02 Å². The fourth-order valence-electron chi connectivity index (χ4n) is 2.97. The number of carbonyl (C=O) groups is 1. The molecule has 0 spiro atoms. The molecule has 3 aromatic rings. The number of rotatable bonds is 10. The number of aryl methyl sites for hydroxylation is 1. The van der Waals surface area contributed by atoms with Gasteiger partial charge in [-0.2, -0.15) is 4.98 Å². The third-order valence-electron chi connectivity index (χ3n) is 4.93. The summed E-state index contributed by atoms with van der Waals surface area (Å²) >= 11 is 7.43. The number of thiophene rings is 1. The van der Waals surface area contributed by atoms with E-state index in [2.05, 4.69) is 31.2 Å². The highest BCUT2D eigenvalue weighted by Crippen LogP contribution is 2.34. The molecule has 0 fully saturated rings. The van der Waals surface area contributed by atoms with Crippen LogP contribution in [-0.2, 0) is 14.6 Å². The first-order chi connectivity index (χ1) is 16.5. The second-order valence-corrected chi connectivity index (χ2v) is 12.5. The Morgan fingerprint density at radius 1 is 1.11 bits per heavy atom. The van der Waals surface area contributed by atoms with E-state index in [0.29, 0.717) is 11.4 Å². The molecule has 3 rings (SSSR count). The summed E-state index contributed by atoms with van der Waals surface area (Å²) in [5.41, 5.74) is 2.71. The maximum Gasteiger partial charge on any atom is 0.238 e. The molecule has 2 heterocycles. The van der Waals surface area contributed by atoms with Gasteiger partial charge < -0.3 is 21.3 Å². The lowest BCUT2D eigenvalue weighted by molar-refractivity contribution is -0.115. The minimum atomic E-state index is -3.46. The summed E-state index contributed by atoms with van der Waals surface area (Å²) in [6.07, 6.45) is 1.44. The van der Waals surface area contributed by atoms with Crippen LogP contribution in [0.5, 0.6) is 0 Å². The van der Waals surface area contributed by atoms with Crippen LogP contribution in [0.25, 0.3) is 0 Å². The molecule has 0 aliphatic heterocycles. The van der Waals surface area contributed by atoms with Gasteiger partial charge in [0.1, 0.15) is 9.23 Å². The molecule has 1 amide bonds. The Kier molecular flexibility index (Phi) is 8.70. The van der Waals surface area contributed by atoms with Crippen LogP contribution >= 0.6 is 22.9 Å². The number of anilines is 5. The molecule has 0 saturated heterocycles. The molecular formula is C23H29ClN6O3S2. The number of amides is 1. The molecule has 2 aromatic heterocycles. The Labute approximate surface area is 214 Å². The Bertz CT molecular complexity index is 1310. The summed E-state index contributed by atoms with van der Waals surface area (Å²) < 4.78 is 25.5. The highest BCUT2D eigenvalue weighted by atomic mass is 35.5. The Morgan fingerprint density at radius 2 is 1.86 bits per heavy atom. The zero-order chi connectivity index (χ0) is 25.8. The van der Waals surface area contributed by atoms with Gasteiger partial charge in [0.2, 0.25) is 11.9 Å². The number of carbonyl (C=O) groups excluding carboxylic acids is 1. The third-order valence-corrected chi connectivity index (χ3v) is 8.88. The molecular weight excluding hydrogens is 508 g/mol. The van der Waals surface area contributed by atoms with Gasteiger partial charge in [-0.25, -0.2) is 13.4 Å². The van der Waals surface area contributed by atoms with Crippen LogP contribution < -0.4 is 21.3 Å². The van der Waals surface area contributed by atoms with Crippen LogP contribution in [0, 0.1) is 6.92 Å².